The highest BCUT2D eigenvalue weighted by Gasteiger charge is 2.56. The van der Waals surface area contributed by atoms with Crippen LogP contribution in [0, 0.1) is 11.2 Å². The smallest absolute Gasteiger partial charge is 0.238 e. The van der Waals surface area contributed by atoms with E-state index >= 15 is 0 Å². The molecule has 4 aromatic rings. The maximum atomic E-state index is 15.0. The van der Waals surface area contributed by atoms with Crippen LogP contribution in [0.4, 0.5) is 21.6 Å². The van der Waals surface area contributed by atoms with Crippen molar-refractivity contribution in [3.8, 4) is 11.3 Å². The number of imidazole rings is 1. The number of amides is 2. The Morgan fingerprint density at radius 3 is 2.46 bits per heavy atom. The number of nitrogens with zero attached hydrogens (tertiary/aromatic N) is 7. The van der Waals surface area contributed by atoms with Crippen LogP contribution in [0.5, 0.6) is 0 Å². The number of anilines is 3. The Hall–Kier alpha value is -4.42. The molecule has 1 spiro atoms. The summed E-state index contributed by atoms with van der Waals surface area (Å²) in [6, 6.07) is 10.7. The van der Waals surface area contributed by atoms with Gasteiger partial charge in [-0.05, 0) is 102 Å². The number of halogens is 1. The van der Waals surface area contributed by atoms with Crippen molar-refractivity contribution < 1.29 is 18.7 Å². The zero-order chi connectivity index (χ0) is 37.2. The van der Waals surface area contributed by atoms with Crippen molar-refractivity contribution in [2.45, 2.75) is 102 Å². The third kappa shape index (κ3) is 5.87. The van der Waals surface area contributed by atoms with Crippen molar-refractivity contribution in [1.29, 1.82) is 0 Å². The SMILES string of the molecule is CC(C)n1cnc2cc(-c3ccc4c(c3)N(C3CC(N5CCCCC5)C3)C(=O)C43CCN(C(=O)C4(C)CCOCC4)CC3)nc(Nc3ccncc3F)c21. The Bertz CT molecular complexity index is 2070. The summed E-state index contributed by atoms with van der Waals surface area (Å²) in [6.07, 6.45) is 13.0. The second kappa shape index (κ2) is 13.7. The van der Waals surface area contributed by atoms with Crippen LogP contribution in [0.3, 0.4) is 0 Å². The first-order chi connectivity index (χ1) is 26.1. The molecule has 1 N–H and O–H groups in total. The summed E-state index contributed by atoms with van der Waals surface area (Å²) >= 11 is 0. The summed E-state index contributed by atoms with van der Waals surface area (Å²) in [6.45, 7) is 10.9. The molecule has 9 rings (SSSR count). The maximum Gasteiger partial charge on any atom is 0.238 e. The first-order valence-electron chi connectivity index (χ1n) is 20.0. The number of fused-ring (bicyclic) bond motifs is 3. The molecule has 11 nitrogen and oxygen atoms in total. The molecule has 12 heteroatoms. The van der Waals surface area contributed by atoms with Gasteiger partial charge >= 0.3 is 0 Å². The number of carbonyl (C=O) groups is 2. The molecule has 0 bridgehead atoms. The van der Waals surface area contributed by atoms with E-state index in [2.05, 4.69) is 59.1 Å². The van der Waals surface area contributed by atoms with Gasteiger partial charge in [-0.2, -0.15) is 0 Å². The number of benzene rings is 1. The zero-order valence-electron chi connectivity index (χ0n) is 31.7. The highest BCUT2D eigenvalue weighted by Crippen LogP contribution is 2.52. The van der Waals surface area contributed by atoms with Gasteiger partial charge < -0.3 is 29.3 Å². The van der Waals surface area contributed by atoms with Gasteiger partial charge in [0.1, 0.15) is 5.52 Å². The van der Waals surface area contributed by atoms with Gasteiger partial charge in [0.25, 0.3) is 0 Å². The molecule has 0 unspecified atom stereocenters. The van der Waals surface area contributed by atoms with Crippen LogP contribution in [0.15, 0.2) is 49.1 Å². The highest BCUT2D eigenvalue weighted by molar-refractivity contribution is 6.09. The van der Waals surface area contributed by atoms with E-state index in [9.17, 15) is 14.0 Å². The van der Waals surface area contributed by atoms with E-state index in [1.165, 1.54) is 25.5 Å². The first kappa shape index (κ1) is 35.3. The second-order valence-electron chi connectivity index (χ2n) is 16.8. The summed E-state index contributed by atoms with van der Waals surface area (Å²) < 4.78 is 22.5. The number of rotatable bonds is 7. The molecule has 2 amide bonds. The molecule has 5 aliphatic rings. The number of hydrogen-bond donors (Lipinski definition) is 1. The third-order valence-corrected chi connectivity index (χ3v) is 13.2. The lowest BCUT2D eigenvalue weighted by molar-refractivity contribution is -0.149. The van der Waals surface area contributed by atoms with E-state index in [-0.39, 0.29) is 29.6 Å². The van der Waals surface area contributed by atoms with Gasteiger partial charge in [-0.15, -0.1) is 0 Å². The molecule has 1 aliphatic carbocycles. The Morgan fingerprint density at radius 2 is 1.74 bits per heavy atom. The highest BCUT2D eigenvalue weighted by atomic mass is 19.1. The number of ether oxygens (including phenoxy) is 1. The normalized spacial score (nSPS) is 23.9. The molecule has 4 aliphatic heterocycles. The molecule has 1 aromatic carbocycles. The van der Waals surface area contributed by atoms with E-state index in [1.54, 1.807) is 18.6 Å². The van der Waals surface area contributed by atoms with E-state index in [0.717, 1.165) is 66.6 Å². The van der Waals surface area contributed by atoms with Gasteiger partial charge in [-0.3, -0.25) is 14.6 Å². The van der Waals surface area contributed by atoms with Crippen molar-refractivity contribution in [3.05, 3.63) is 60.4 Å². The van der Waals surface area contributed by atoms with E-state index in [0.29, 0.717) is 56.7 Å². The van der Waals surface area contributed by atoms with Crippen LogP contribution in [0.1, 0.15) is 90.2 Å². The summed E-state index contributed by atoms with van der Waals surface area (Å²) in [4.78, 5) is 49.4. The van der Waals surface area contributed by atoms with Crippen LogP contribution in [0.2, 0.25) is 0 Å². The monoisotopic (exact) mass is 734 g/mol. The lowest BCUT2D eigenvalue weighted by Gasteiger charge is -2.48. The topological polar surface area (TPSA) is 109 Å². The molecular formula is C42H51FN8O3. The van der Waals surface area contributed by atoms with Crippen molar-refractivity contribution in [2.24, 2.45) is 5.41 Å². The molecule has 3 saturated heterocycles. The number of nitrogens with one attached hydrogen (secondary N) is 1. The summed E-state index contributed by atoms with van der Waals surface area (Å²) in [5.74, 6) is 0.404. The van der Waals surface area contributed by atoms with Crippen LogP contribution >= 0.6 is 0 Å². The molecular weight excluding hydrogens is 684 g/mol. The molecule has 0 atom stereocenters. The van der Waals surface area contributed by atoms with Gasteiger partial charge in [0.05, 0.1) is 40.3 Å². The molecule has 3 aromatic heterocycles. The van der Waals surface area contributed by atoms with Gasteiger partial charge in [0, 0.05) is 61.9 Å². The molecule has 0 radical (unpaired) electrons. The minimum atomic E-state index is -0.670. The molecule has 54 heavy (non-hydrogen) atoms. The lowest BCUT2D eigenvalue weighted by Crippen LogP contribution is -2.59. The first-order valence-corrected chi connectivity index (χ1v) is 20.0. The van der Waals surface area contributed by atoms with Gasteiger partial charge in [0.15, 0.2) is 11.6 Å². The largest absolute Gasteiger partial charge is 0.381 e. The van der Waals surface area contributed by atoms with Crippen molar-refractivity contribution >= 4 is 40.0 Å². The molecule has 284 valence electrons. The van der Waals surface area contributed by atoms with Gasteiger partial charge in [-0.1, -0.05) is 25.5 Å². The van der Waals surface area contributed by atoms with Crippen molar-refractivity contribution in [3.63, 3.8) is 0 Å². The average molecular weight is 735 g/mol. The van der Waals surface area contributed by atoms with E-state index in [4.69, 9.17) is 14.7 Å². The number of carbonyl (C=O) groups excluding carboxylic acids is 2. The van der Waals surface area contributed by atoms with E-state index in [1.807, 2.05) is 15.5 Å². The minimum absolute atomic E-state index is 0.110. The maximum absolute atomic E-state index is 15.0. The fourth-order valence-corrected chi connectivity index (χ4v) is 9.75. The quantitative estimate of drug-likeness (QED) is 0.217. The number of pyridine rings is 2. The van der Waals surface area contributed by atoms with Crippen LogP contribution in [-0.2, 0) is 19.7 Å². The summed E-state index contributed by atoms with van der Waals surface area (Å²) in [5.41, 5.74) is 4.31. The Kier molecular flexibility index (Phi) is 8.96. The zero-order valence-corrected chi connectivity index (χ0v) is 31.7. The van der Waals surface area contributed by atoms with Crippen molar-refractivity contribution in [2.75, 3.05) is 49.6 Å². The number of likely N-dealkylation sites (tertiary alicyclic amines) is 2. The molecule has 7 heterocycles. The predicted octanol–water partition coefficient (Wildman–Crippen LogP) is 7.00. The van der Waals surface area contributed by atoms with Gasteiger partial charge in [-0.25, -0.2) is 14.4 Å². The number of aromatic nitrogens is 4. The van der Waals surface area contributed by atoms with Crippen LogP contribution in [-0.4, -0.2) is 92.6 Å². The Morgan fingerprint density at radius 1 is 0.981 bits per heavy atom. The fraction of sp³-hybridized carbons (Fsp3) is 0.548. The lowest BCUT2D eigenvalue weighted by atomic mass is 9.72. The molecule has 4 fully saturated rings. The number of piperidine rings is 2. The Labute approximate surface area is 316 Å². The third-order valence-electron chi connectivity index (χ3n) is 13.2. The van der Waals surface area contributed by atoms with Crippen molar-refractivity contribution in [1.82, 2.24) is 29.3 Å². The van der Waals surface area contributed by atoms with Gasteiger partial charge in [0.2, 0.25) is 11.8 Å². The minimum Gasteiger partial charge on any atom is -0.381 e. The van der Waals surface area contributed by atoms with Crippen LogP contribution < -0.4 is 10.2 Å². The Balaban J connectivity index is 1.07. The second-order valence-corrected chi connectivity index (χ2v) is 16.8. The summed E-state index contributed by atoms with van der Waals surface area (Å²) in [7, 11) is 0. The van der Waals surface area contributed by atoms with Crippen LogP contribution in [0.25, 0.3) is 22.3 Å². The number of hydrogen-bond acceptors (Lipinski definition) is 8. The standard InChI is InChI=1S/C42H51FN8O3/c1-27(2)50-26-45-35-24-34(47-38(37(35)50)46-33-9-14-44-25-32(33)43)28-7-8-31-36(21-28)51(30-22-29(23-30)48-15-5-4-6-16-48)40(53)42(31)10-17-49(18-11-42)39(52)41(3)12-19-54-20-13-41/h7-9,14,21,24-27,29-30H,4-6,10-13,15-20,22-23H2,1-3H3,(H,44,46,47). The van der Waals surface area contributed by atoms with E-state index < -0.39 is 16.6 Å². The summed E-state index contributed by atoms with van der Waals surface area (Å²) in [5, 5.41) is 3.24. The fourth-order valence-electron chi connectivity index (χ4n) is 9.75. The predicted molar refractivity (Wildman–Crippen MR) is 206 cm³/mol. The average Bonchev–Trinajstić information content (AvgIpc) is 3.70. The molecule has 1 saturated carbocycles.